The van der Waals surface area contributed by atoms with Gasteiger partial charge < -0.3 is 10.1 Å². The summed E-state index contributed by atoms with van der Waals surface area (Å²) in [7, 11) is 0. The van der Waals surface area contributed by atoms with Crippen LogP contribution in [0.15, 0.2) is 59.4 Å². The first-order valence-corrected chi connectivity index (χ1v) is 10.6. The predicted octanol–water partition coefficient (Wildman–Crippen LogP) is 3.38. The largest absolute Gasteiger partial charge is 0.448 e. The smallest absolute Gasteiger partial charge is 0.360 e. The highest BCUT2D eigenvalue weighted by Crippen LogP contribution is 2.19. The molecule has 1 atom stereocenters. The van der Waals surface area contributed by atoms with Crippen molar-refractivity contribution in [2.75, 3.05) is 0 Å². The number of aromatic nitrogens is 2. The van der Waals surface area contributed by atoms with Gasteiger partial charge in [0.25, 0.3) is 11.5 Å². The van der Waals surface area contributed by atoms with E-state index >= 15 is 0 Å². The highest BCUT2D eigenvalue weighted by atomic mass is 16.5. The van der Waals surface area contributed by atoms with Crippen LogP contribution >= 0.6 is 0 Å². The van der Waals surface area contributed by atoms with Crippen molar-refractivity contribution in [1.82, 2.24) is 15.1 Å². The van der Waals surface area contributed by atoms with E-state index in [1.807, 2.05) is 6.07 Å². The molecule has 0 spiro atoms. The van der Waals surface area contributed by atoms with Crippen LogP contribution in [0.4, 0.5) is 0 Å². The van der Waals surface area contributed by atoms with Gasteiger partial charge in [-0.05, 0) is 38.0 Å². The van der Waals surface area contributed by atoms with Gasteiger partial charge in [0.15, 0.2) is 11.8 Å². The van der Waals surface area contributed by atoms with Gasteiger partial charge >= 0.3 is 5.97 Å². The van der Waals surface area contributed by atoms with Crippen molar-refractivity contribution < 1.29 is 14.3 Å². The van der Waals surface area contributed by atoms with Gasteiger partial charge in [0, 0.05) is 11.4 Å². The van der Waals surface area contributed by atoms with Gasteiger partial charge in [0.1, 0.15) is 0 Å². The molecule has 1 aliphatic rings. The van der Waals surface area contributed by atoms with Crippen molar-refractivity contribution >= 4 is 22.6 Å². The first-order valence-electron chi connectivity index (χ1n) is 10.6. The molecule has 1 aromatic heterocycles. The molecule has 1 aliphatic carbocycles. The third kappa shape index (κ3) is 4.50. The van der Waals surface area contributed by atoms with Crippen molar-refractivity contribution in [3.8, 4) is 5.69 Å². The lowest BCUT2D eigenvalue weighted by Gasteiger charge is -2.24. The minimum absolute atomic E-state index is 0.00336. The van der Waals surface area contributed by atoms with Gasteiger partial charge in [-0.2, -0.15) is 9.78 Å². The molecule has 0 saturated heterocycles. The molecule has 160 valence electrons. The molecular weight excluding hydrogens is 394 g/mol. The Morgan fingerprint density at radius 1 is 1.00 bits per heavy atom. The van der Waals surface area contributed by atoms with Crippen molar-refractivity contribution in [1.29, 1.82) is 0 Å². The second-order valence-electron chi connectivity index (χ2n) is 7.84. The average Bonchev–Trinajstić information content (AvgIpc) is 2.80. The molecule has 1 saturated carbocycles. The molecule has 1 fully saturated rings. The number of fused-ring (bicyclic) bond motifs is 1. The quantitative estimate of drug-likeness (QED) is 0.641. The van der Waals surface area contributed by atoms with E-state index < -0.39 is 12.1 Å². The number of carbonyl (C=O) groups excluding carboxylic acids is 2. The van der Waals surface area contributed by atoms with Crippen LogP contribution in [0.25, 0.3) is 16.5 Å². The molecule has 0 bridgehead atoms. The van der Waals surface area contributed by atoms with Crippen molar-refractivity contribution in [2.24, 2.45) is 0 Å². The average molecular weight is 419 g/mol. The Hall–Kier alpha value is -3.48. The van der Waals surface area contributed by atoms with Crippen LogP contribution in [0, 0.1) is 0 Å². The highest BCUT2D eigenvalue weighted by Gasteiger charge is 2.25. The monoisotopic (exact) mass is 419 g/mol. The highest BCUT2D eigenvalue weighted by molar-refractivity contribution is 6.03. The number of carbonyl (C=O) groups is 2. The summed E-state index contributed by atoms with van der Waals surface area (Å²) in [6.07, 6.45) is 4.30. The molecule has 31 heavy (non-hydrogen) atoms. The molecule has 2 aromatic carbocycles. The SMILES string of the molecule is CC(OC(=O)c1nn(-c2ccccc2)c(=O)c2ccccc12)C(=O)NC1CCCCC1. The van der Waals surface area contributed by atoms with Gasteiger partial charge in [-0.3, -0.25) is 9.59 Å². The maximum Gasteiger partial charge on any atom is 0.360 e. The summed E-state index contributed by atoms with van der Waals surface area (Å²) >= 11 is 0. The topological polar surface area (TPSA) is 90.3 Å². The van der Waals surface area contributed by atoms with Crippen LogP contribution in [0.3, 0.4) is 0 Å². The van der Waals surface area contributed by atoms with Crippen molar-refractivity contribution in [3.05, 3.63) is 70.6 Å². The van der Waals surface area contributed by atoms with Crippen LogP contribution in [0.1, 0.15) is 49.5 Å². The summed E-state index contributed by atoms with van der Waals surface area (Å²) in [5.41, 5.74) is 0.202. The number of rotatable bonds is 5. The van der Waals surface area contributed by atoms with Crippen LogP contribution in [-0.2, 0) is 9.53 Å². The van der Waals surface area contributed by atoms with E-state index in [4.69, 9.17) is 4.74 Å². The minimum atomic E-state index is -0.966. The zero-order chi connectivity index (χ0) is 21.8. The molecule has 7 heteroatoms. The van der Waals surface area contributed by atoms with E-state index in [0.717, 1.165) is 25.7 Å². The minimum Gasteiger partial charge on any atom is -0.448 e. The lowest BCUT2D eigenvalue weighted by Crippen LogP contribution is -2.43. The summed E-state index contributed by atoms with van der Waals surface area (Å²) in [4.78, 5) is 38.4. The van der Waals surface area contributed by atoms with E-state index in [1.54, 1.807) is 55.5 Å². The summed E-state index contributed by atoms with van der Waals surface area (Å²) < 4.78 is 6.64. The van der Waals surface area contributed by atoms with Gasteiger partial charge in [-0.25, -0.2) is 4.79 Å². The maximum atomic E-state index is 13.0. The first kappa shape index (κ1) is 20.8. The molecule has 0 aliphatic heterocycles. The lowest BCUT2D eigenvalue weighted by molar-refractivity contribution is -0.130. The Kier molecular flexibility index (Phi) is 6.11. The second-order valence-corrected chi connectivity index (χ2v) is 7.84. The zero-order valence-electron chi connectivity index (χ0n) is 17.4. The Labute approximate surface area is 180 Å². The maximum absolute atomic E-state index is 13.0. The summed E-state index contributed by atoms with van der Waals surface area (Å²) in [5, 5.41) is 8.01. The first-order chi connectivity index (χ1) is 15.0. The van der Waals surface area contributed by atoms with E-state index in [9.17, 15) is 14.4 Å². The van der Waals surface area contributed by atoms with E-state index in [2.05, 4.69) is 10.4 Å². The van der Waals surface area contributed by atoms with Gasteiger partial charge in [0.05, 0.1) is 11.1 Å². The number of benzene rings is 2. The number of hydrogen-bond donors (Lipinski definition) is 1. The molecule has 1 heterocycles. The third-order valence-corrected chi connectivity index (χ3v) is 5.60. The normalized spacial score (nSPS) is 15.4. The number of para-hydroxylation sites is 1. The molecule has 3 aromatic rings. The number of amides is 1. The van der Waals surface area contributed by atoms with Crippen LogP contribution in [0.5, 0.6) is 0 Å². The number of esters is 1. The Morgan fingerprint density at radius 3 is 2.35 bits per heavy atom. The van der Waals surface area contributed by atoms with Crippen LogP contribution < -0.4 is 10.9 Å². The van der Waals surface area contributed by atoms with Crippen LogP contribution in [0.2, 0.25) is 0 Å². The lowest BCUT2D eigenvalue weighted by atomic mass is 9.95. The molecule has 1 unspecified atom stereocenters. The Bertz CT molecular complexity index is 1150. The van der Waals surface area contributed by atoms with Crippen molar-refractivity contribution in [3.63, 3.8) is 0 Å². The van der Waals surface area contributed by atoms with Gasteiger partial charge in [-0.15, -0.1) is 0 Å². The van der Waals surface area contributed by atoms with E-state index in [1.165, 1.54) is 11.1 Å². The number of hydrogen-bond acceptors (Lipinski definition) is 5. The zero-order valence-corrected chi connectivity index (χ0v) is 17.4. The Morgan fingerprint density at radius 2 is 1.65 bits per heavy atom. The molecular formula is C24H25N3O4. The number of nitrogens with zero attached hydrogens (tertiary/aromatic N) is 2. The summed E-state index contributed by atoms with van der Waals surface area (Å²) in [6, 6.07) is 15.8. The molecule has 7 nitrogen and oxygen atoms in total. The molecule has 4 rings (SSSR count). The fraction of sp³-hybridized carbons (Fsp3) is 0.333. The van der Waals surface area contributed by atoms with Crippen LogP contribution in [-0.4, -0.2) is 33.8 Å². The van der Waals surface area contributed by atoms with Crippen molar-refractivity contribution in [2.45, 2.75) is 51.2 Å². The van der Waals surface area contributed by atoms with Gasteiger partial charge in [0.2, 0.25) is 0 Å². The van der Waals surface area contributed by atoms with E-state index in [0.29, 0.717) is 16.5 Å². The van der Waals surface area contributed by atoms with Gasteiger partial charge in [-0.1, -0.05) is 55.7 Å². The molecule has 1 N–H and O–H groups in total. The number of ether oxygens (including phenoxy) is 1. The third-order valence-electron chi connectivity index (χ3n) is 5.60. The second kappa shape index (κ2) is 9.12. The predicted molar refractivity (Wildman–Crippen MR) is 117 cm³/mol. The Balaban J connectivity index is 1.62. The summed E-state index contributed by atoms with van der Waals surface area (Å²) in [6.45, 7) is 1.55. The fourth-order valence-electron chi connectivity index (χ4n) is 3.92. The summed E-state index contributed by atoms with van der Waals surface area (Å²) in [5.74, 6) is -1.06. The number of nitrogens with one attached hydrogen (secondary N) is 1. The standard InChI is InChI=1S/C24H25N3O4/c1-16(22(28)25-17-10-4-2-5-11-17)31-24(30)21-19-14-8-9-15-20(19)23(29)27(26-21)18-12-6-3-7-13-18/h3,6-9,12-17H,2,4-5,10-11H2,1H3,(H,25,28). The fourth-order valence-corrected chi connectivity index (χ4v) is 3.92. The molecule has 1 amide bonds. The van der Waals surface area contributed by atoms with E-state index in [-0.39, 0.29) is 23.2 Å². The molecule has 0 radical (unpaired) electrons.